The molecule has 1 aliphatic rings. The van der Waals surface area contributed by atoms with E-state index in [4.69, 9.17) is 17.7 Å². The Bertz CT molecular complexity index is 2910. The summed E-state index contributed by atoms with van der Waals surface area (Å²) in [7, 11) is 0. The first-order valence-corrected chi connectivity index (χ1v) is 16.8. The molecule has 10 aromatic rings. The van der Waals surface area contributed by atoms with E-state index in [0.717, 1.165) is 89.6 Å². The van der Waals surface area contributed by atoms with Gasteiger partial charge in [-0.25, -0.2) is 0 Å². The van der Waals surface area contributed by atoms with Crippen molar-refractivity contribution in [2.24, 2.45) is 5.92 Å². The third-order valence-corrected chi connectivity index (χ3v) is 10.1. The fourth-order valence-electron chi connectivity index (χ4n) is 7.71. The lowest BCUT2D eigenvalue weighted by molar-refractivity contribution is 0.626. The second kappa shape index (κ2) is 10.0. The van der Waals surface area contributed by atoms with Gasteiger partial charge in [-0.3, -0.25) is 0 Å². The van der Waals surface area contributed by atoms with E-state index in [-0.39, 0.29) is 0 Å². The molecule has 0 saturated heterocycles. The Kier molecular flexibility index (Phi) is 5.51. The van der Waals surface area contributed by atoms with Crippen LogP contribution in [0.1, 0.15) is 26.7 Å². The normalized spacial score (nSPS) is 14.1. The lowest BCUT2D eigenvalue weighted by atomic mass is 9.93. The summed E-state index contributed by atoms with van der Waals surface area (Å²) in [4.78, 5) is 2.29. The predicted octanol–water partition coefficient (Wildman–Crippen LogP) is 11.3. The van der Waals surface area contributed by atoms with Crippen molar-refractivity contribution in [3.8, 4) is 0 Å². The molecule has 0 aliphatic heterocycles. The molecule has 0 radical (unpaired) electrons. The molecule has 9 nitrogen and oxygen atoms in total. The molecular formula is C41H27N5O4. The zero-order chi connectivity index (χ0) is 33.1. The average Bonchev–Trinajstić information content (AvgIpc) is 3.90. The summed E-state index contributed by atoms with van der Waals surface area (Å²) in [6, 6.07) is 28.6. The van der Waals surface area contributed by atoms with E-state index in [1.807, 2.05) is 48.5 Å². The highest BCUT2D eigenvalue weighted by molar-refractivity contribution is 6.25. The van der Waals surface area contributed by atoms with Crippen molar-refractivity contribution in [2.45, 2.75) is 26.7 Å². The standard InChI is InChI=1S/C41H27N5O4/c1-21(2)22-11-13-23(14-12-22)46(24-15-17-28-32(19-24)49-40-36(28)34-26-7-3-5-9-30(26)47-38(34)42-44-40)25-16-18-29-33(20-25)50-41-37(29)35-27-8-4-6-10-31(27)48-39(35)43-45-41/h3-11,13,15-21H,12,14H2,1-2H3. The van der Waals surface area contributed by atoms with Crippen LogP contribution >= 0.6 is 0 Å². The van der Waals surface area contributed by atoms with Gasteiger partial charge in [-0.1, -0.05) is 61.9 Å². The number of hydrogen-bond donors (Lipinski definition) is 0. The molecule has 0 spiro atoms. The second-order valence-corrected chi connectivity index (χ2v) is 13.3. The van der Waals surface area contributed by atoms with E-state index >= 15 is 0 Å². The van der Waals surface area contributed by atoms with Crippen LogP contribution in [0.2, 0.25) is 0 Å². The van der Waals surface area contributed by atoms with E-state index in [1.165, 1.54) is 11.3 Å². The number of para-hydroxylation sites is 2. The predicted molar refractivity (Wildman–Crippen MR) is 196 cm³/mol. The summed E-state index contributed by atoms with van der Waals surface area (Å²) in [5.74, 6) is 0.494. The Balaban J connectivity index is 1.12. The largest absolute Gasteiger partial charge is 0.436 e. The molecular weight excluding hydrogens is 626 g/mol. The molecule has 4 aromatic carbocycles. The number of fused-ring (bicyclic) bond motifs is 14. The van der Waals surface area contributed by atoms with Crippen molar-refractivity contribution in [3.63, 3.8) is 0 Å². The van der Waals surface area contributed by atoms with Crippen LogP contribution in [0.3, 0.4) is 0 Å². The van der Waals surface area contributed by atoms with Crippen LogP contribution in [0, 0.1) is 5.92 Å². The zero-order valence-corrected chi connectivity index (χ0v) is 27.1. The average molecular weight is 654 g/mol. The Morgan fingerprint density at radius 3 is 1.38 bits per heavy atom. The van der Waals surface area contributed by atoms with Crippen LogP contribution in [-0.4, -0.2) is 20.4 Å². The van der Waals surface area contributed by atoms with Gasteiger partial charge in [0.15, 0.2) is 0 Å². The Hall–Kier alpha value is -6.48. The smallest absolute Gasteiger partial charge is 0.247 e. The van der Waals surface area contributed by atoms with Gasteiger partial charge in [0, 0.05) is 50.7 Å². The van der Waals surface area contributed by atoms with Gasteiger partial charge in [-0.15, -0.1) is 20.4 Å². The van der Waals surface area contributed by atoms with Gasteiger partial charge in [0.05, 0.1) is 21.5 Å². The highest BCUT2D eigenvalue weighted by Crippen LogP contribution is 2.44. The van der Waals surface area contributed by atoms with Crippen molar-refractivity contribution in [3.05, 3.63) is 108 Å². The number of rotatable bonds is 4. The quantitative estimate of drug-likeness (QED) is 0.183. The van der Waals surface area contributed by atoms with E-state index in [0.29, 0.717) is 28.8 Å². The van der Waals surface area contributed by atoms with E-state index in [1.54, 1.807) is 0 Å². The van der Waals surface area contributed by atoms with Gasteiger partial charge in [0.2, 0.25) is 22.9 Å². The molecule has 50 heavy (non-hydrogen) atoms. The number of allylic oxidation sites excluding steroid dienone is 4. The molecule has 6 heterocycles. The molecule has 0 atom stereocenters. The van der Waals surface area contributed by atoms with Crippen molar-refractivity contribution < 1.29 is 17.7 Å². The third-order valence-electron chi connectivity index (χ3n) is 10.1. The van der Waals surface area contributed by atoms with Gasteiger partial charge in [-0.2, -0.15) is 0 Å². The maximum atomic E-state index is 6.40. The number of anilines is 2. The molecule has 0 fully saturated rings. The summed E-state index contributed by atoms with van der Waals surface area (Å²) in [5.41, 5.74) is 9.48. The fourth-order valence-corrected chi connectivity index (χ4v) is 7.71. The molecule has 0 amide bonds. The van der Waals surface area contributed by atoms with Crippen molar-refractivity contribution in [1.82, 2.24) is 20.4 Å². The van der Waals surface area contributed by atoms with Crippen molar-refractivity contribution in [1.29, 1.82) is 0 Å². The summed E-state index contributed by atoms with van der Waals surface area (Å²) in [6.07, 6.45) is 6.38. The van der Waals surface area contributed by atoms with Crippen LogP contribution < -0.4 is 4.90 Å². The lowest BCUT2D eigenvalue weighted by Gasteiger charge is -2.30. The minimum absolute atomic E-state index is 0.479. The van der Waals surface area contributed by atoms with Crippen LogP contribution in [0.4, 0.5) is 11.4 Å². The first kappa shape index (κ1) is 27.5. The molecule has 11 rings (SSSR count). The molecule has 1 aliphatic carbocycles. The van der Waals surface area contributed by atoms with E-state index < -0.39 is 0 Å². The number of furan rings is 4. The first-order chi connectivity index (χ1) is 24.6. The van der Waals surface area contributed by atoms with Crippen LogP contribution in [0.5, 0.6) is 0 Å². The van der Waals surface area contributed by atoms with Crippen LogP contribution in [0.15, 0.2) is 126 Å². The van der Waals surface area contributed by atoms with Gasteiger partial charge >= 0.3 is 0 Å². The minimum Gasteiger partial charge on any atom is -0.436 e. The number of nitrogens with zero attached hydrogens (tertiary/aromatic N) is 5. The summed E-state index contributed by atoms with van der Waals surface area (Å²) in [5, 5.41) is 25.0. The molecule has 6 aromatic heterocycles. The summed E-state index contributed by atoms with van der Waals surface area (Å²) < 4.78 is 24.9. The van der Waals surface area contributed by atoms with Gasteiger partial charge in [0.25, 0.3) is 0 Å². The topological polar surface area (TPSA) is 107 Å². The Labute approximate surface area is 283 Å². The van der Waals surface area contributed by atoms with Crippen LogP contribution in [-0.2, 0) is 0 Å². The summed E-state index contributed by atoms with van der Waals surface area (Å²) in [6.45, 7) is 4.50. The number of aromatic nitrogens is 4. The Morgan fingerprint density at radius 2 is 0.940 bits per heavy atom. The van der Waals surface area contributed by atoms with Gasteiger partial charge < -0.3 is 22.6 Å². The number of benzene rings is 4. The zero-order valence-electron chi connectivity index (χ0n) is 27.1. The van der Waals surface area contributed by atoms with Crippen molar-refractivity contribution in [2.75, 3.05) is 4.90 Å². The van der Waals surface area contributed by atoms with Gasteiger partial charge in [-0.05, 0) is 61.2 Å². The number of hydrogen-bond acceptors (Lipinski definition) is 9. The van der Waals surface area contributed by atoms with Gasteiger partial charge in [0.1, 0.15) is 22.3 Å². The van der Waals surface area contributed by atoms with E-state index in [2.05, 4.69) is 87.7 Å². The molecule has 240 valence electrons. The van der Waals surface area contributed by atoms with Crippen molar-refractivity contribution >= 4 is 99.7 Å². The molecule has 0 unspecified atom stereocenters. The lowest BCUT2D eigenvalue weighted by Crippen LogP contribution is -2.18. The monoisotopic (exact) mass is 653 g/mol. The molecule has 0 bridgehead atoms. The summed E-state index contributed by atoms with van der Waals surface area (Å²) >= 11 is 0. The second-order valence-electron chi connectivity index (χ2n) is 13.3. The maximum Gasteiger partial charge on any atom is 0.247 e. The molecule has 0 saturated carbocycles. The third kappa shape index (κ3) is 3.82. The SMILES string of the molecule is CC(C)C1=CC=C(N(c2ccc3c(c2)oc2nnc4oc5ccccc5c4c23)c2ccc3c(c2)oc2nnc4oc5ccccc5c4c23)CC1. The van der Waals surface area contributed by atoms with E-state index in [9.17, 15) is 0 Å². The highest BCUT2D eigenvalue weighted by Gasteiger charge is 2.24. The highest BCUT2D eigenvalue weighted by atomic mass is 16.4. The maximum absolute atomic E-state index is 6.40. The fraction of sp³-hybridized carbons (Fsp3) is 0.122. The minimum atomic E-state index is 0.479. The first-order valence-electron chi connectivity index (χ1n) is 16.8. The Morgan fingerprint density at radius 1 is 0.500 bits per heavy atom. The molecule has 9 heteroatoms. The van der Waals surface area contributed by atoms with Crippen LogP contribution in [0.25, 0.3) is 88.3 Å². The molecule has 0 N–H and O–H groups in total.